The van der Waals surface area contributed by atoms with Gasteiger partial charge in [-0.3, -0.25) is 9.59 Å². The van der Waals surface area contributed by atoms with Crippen molar-refractivity contribution in [3.05, 3.63) is 40.5 Å². The Bertz CT molecular complexity index is 1030. The highest BCUT2D eigenvalue weighted by Crippen LogP contribution is 2.43. The van der Waals surface area contributed by atoms with Crippen molar-refractivity contribution in [3.8, 4) is 28.7 Å². The van der Waals surface area contributed by atoms with Gasteiger partial charge in [0, 0.05) is 43.8 Å². The predicted molar refractivity (Wildman–Crippen MR) is 133 cm³/mol. The summed E-state index contributed by atoms with van der Waals surface area (Å²) in [5, 5.41) is 21.0. The van der Waals surface area contributed by atoms with Crippen LogP contribution in [0.4, 0.5) is 0 Å². The summed E-state index contributed by atoms with van der Waals surface area (Å²) < 4.78 is 11.6. The number of nitrogens with zero attached hydrogens (tertiary/aromatic N) is 1. The van der Waals surface area contributed by atoms with Crippen molar-refractivity contribution < 1.29 is 29.3 Å². The maximum atomic E-state index is 13.2. The molecule has 2 aromatic rings. The minimum Gasteiger partial charge on any atom is -0.508 e. The molecule has 0 aromatic heterocycles. The lowest BCUT2D eigenvalue weighted by Crippen LogP contribution is -2.25. The summed E-state index contributed by atoms with van der Waals surface area (Å²) in [4.78, 5) is 27.7. The molecule has 2 N–H and O–H groups in total. The molecule has 186 valence electrons. The van der Waals surface area contributed by atoms with E-state index >= 15 is 0 Å². The fraction of sp³-hybridized carbons (Fsp3) is 0.481. The maximum Gasteiger partial charge on any atom is 0.257 e. The van der Waals surface area contributed by atoms with Crippen molar-refractivity contribution >= 4 is 11.7 Å². The smallest absolute Gasteiger partial charge is 0.257 e. The van der Waals surface area contributed by atoms with E-state index in [4.69, 9.17) is 9.47 Å². The second-order valence-electron chi connectivity index (χ2n) is 8.68. The van der Waals surface area contributed by atoms with Crippen LogP contribution < -0.4 is 9.47 Å². The van der Waals surface area contributed by atoms with Gasteiger partial charge in [-0.15, -0.1) is 0 Å². The zero-order valence-corrected chi connectivity index (χ0v) is 21.2. The Morgan fingerprint density at radius 2 is 1.65 bits per heavy atom. The number of amides is 1. The summed E-state index contributed by atoms with van der Waals surface area (Å²) in [5.41, 5.74) is 1.61. The van der Waals surface area contributed by atoms with Crippen molar-refractivity contribution in [2.75, 3.05) is 21.2 Å². The zero-order valence-electron chi connectivity index (χ0n) is 21.2. The molecule has 0 aliphatic heterocycles. The number of ketones is 1. The SMILES string of the molecule is CCCCCc1c(C)c(O)cc(O)c1Oc1cc(OC)cc(C(=O)CCCC)c1C(=O)N(C)C. The number of aromatic hydroxyl groups is 2. The van der Waals surface area contributed by atoms with E-state index in [1.54, 1.807) is 33.2 Å². The lowest BCUT2D eigenvalue weighted by atomic mass is 9.97. The molecule has 1 amide bonds. The Morgan fingerprint density at radius 3 is 2.24 bits per heavy atom. The number of hydrogen-bond acceptors (Lipinski definition) is 6. The average Bonchev–Trinajstić information content (AvgIpc) is 2.81. The molecule has 0 unspecified atom stereocenters. The summed E-state index contributed by atoms with van der Waals surface area (Å²) in [6.07, 6.45) is 5.26. The molecule has 0 aliphatic rings. The molecule has 7 heteroatoms. The van der Waals surface area contributed by atoms with Gasteiger partial charge in [-0.1, -0.05) is 33.1 Å². The van der Waals surface area contributed by atoms with Crippen molar-refractivity contribution in [2.45, 2.75) is 65.7 Å². The predicted octanol–water partition coefficient (Wildman–Crippen LogP) is 6.01. The van der Waals surface area contributed by atoms with Gasteiger partial charge in [0.2, 0.25) is 0 Å². The van der Waals surface area contributed by atoms with E-state index in [1.165, 1.54) is 18.1 Å². The van der Waals surface area contributed by atoms with Gasteiger partial charge in [-0.05, 0) is 37.8 Å². The standard InChI is InChI=1S/C27H37NO6/c1-7-9-11-12-19-17(3)22(30)16-23(31)26(19)34-24-15-18(33-6)14-20(21(29)13-10-8-2)25(24)27(32)28(4)5/h14-16,30-31H,7-13H2,1-6H3. The van der Waals surface area contributed by atoms with Gasteiger partial charge in [-0.25, -0.2) is 0 Å². The van der Waals surface area contributed by atoms with E-state index in [2.05, 4.69) is 6.92 Å². The van der Waals surface area contributed by atoms with Crippen molar-refractivity contribution in [1.82, 2.24) is 4.90 Å². The number of Topliss-reactive ketones (excluding diaryl/α,β-unsaturated/α-hetero) is 1. The second-order valence-corrected chi connectivity index (χ2v) is 8.68. The van der Waals surface area contributed by atoms with Gasteiger partial charge in [-0.2, -0.15) is 0 Å². The molecule has 0 fully saturated rings. The molecule has 0 saturated carbocycles. The lowest BCUT2D eigenvalue weighted by molar-refractivity contribution is 0.0817. The Morgan fingerprint density at radius 1 is 0.971 bits per heavy atom. The molecule has 2 aromatic carbocycles. The van der Waals surface area contributed by atoms with Crippen molar-refractivity contribution in [2.24, 2.45) is 0 Å². The largest absolute Gasteiger partial charge is 0.508 e. The number of hydrogen-bond donors (Lipinski definition) is 2. The lowest BCUT2D eigenvalue weighted by Gasteiger charge is -2.21. The molecular weight excluding hydrogens is 434 g/mol. The molecule has 0 bridgehead atoms. The molecule has 2 rings (SSSR count). The van der Waals surface area contributed by atoms with E-state index in [0.29, 0.717) is 36.1 Å². The highest BCUT2D eigenvalue weighted by Gasteiger charge is 2.27. The number of unbranched alkanes of at least 4 members (excludes halogenated alkanes) is 3. The van der Waals surface area contributed by atoms with Gasteiger partial charge in [0.25, 0.3) is 5.91 Å². The molecule has 0 spiro atoms. The Kier molecular flexibility index (Phi) is 9.78. The van der Waals surface area contributed by atoms with Gasteiger partial charge >= 0.3 is 0 Å². The van der Waals surface area contributed by atoms with Crippen LogP contribution in [0.2, 0.25) is 0 Å². The van der Waals surface area contributed by atoms with Crippen LogP contribution in [0, 0.1) is 6.92 Å². The minimum absolute atomic E-state index is 0.0259. The van der Waals surface area contributed by atoms with E-state index in [0.717, 1.165) is 25.7 Å². The molecular formula is C27H37NO6. The van der Waals surface area contributed by atoms with E-state index in [1.807, 2.05) is 6.92 Å². The van der Waals surface area contributed by atoms with Crippen LogP contribution in [0.3, 0.4) is 0 Å². The first-order valence-corrected chi connectivity index (χ1v) is 11.8. The molecule has 0 aliphatic carbocycles. The fourth-order valence-electron chi connectivity index (χ4n) is 3.78. The third kappa shape index (κ3) is 6.22. The van der Waals surface area contributed by atoms with Gasteiger partial charge < -0.3 is 24.6 Å². The highest BCUT2D eigenvalue weighted by atomic mass is 16.5. The van der Waals surface area contributed by atoms with E-state index in [-0.39, 0.29) is 45.8 Å². The maximum absolute atomic E-state index is 13.2. The van der Waals surface area contributed by atoms with Crippen LogP contribution in [0.5, 0.6) is 28.7 Å². The number of ether oxygens (including phenoxy) is 2. The first kappa shape index (κ1) is 27.0. The molecule has 0 atom stereocenters. The Labute approximate surface area is 202 Å². The van der Waals surface area contributed by atoms with Crippen LogP contribution in [0.15, 0.2) is 18.2 Å². The number of phenols is 2. The number of carbonyl (C=O) groups excluding carboxylic acids is 2. The quantitative estimate of drug-likeness (QED) is 0.290. The van der Waals surface area contributed by atoms with Gasteiger partial charge in [0.15, 0.2) is 17.3 Å². The molecule has 7 nitrogen and oxygen atoms in total. The first-order valence-electron chi connectivity index (χ1n) is 11.8. The van der Waals surface area contributed by atoms with Crippen LogP contribution in [-0.4, -0.2) is 48.0 Å². The zero-order chi connectivity index (χ0) is 25.4. The van der Waals surface area contributed by atoms with Crippen LogP contribution in [0.1, 0.15) is 84.2 Å². The van der Waals surface area contributed by atoms with Crippen LogP contribution >= 0.6 is 0 Å². The second kappa shape index (κ2) is 12.3. The monoisotopic (exact) mass is 471 g/mol. The topological polar surface area (TPSA) is 96.3 Å². The van der Waals surface area contributed by atoms with Crippen molar-refractivity contribution in [3.63, 3.8) is 0 Å². The third-order valence-corrected chi connectivity index (χ3v) is 5.85. The van der Waals surface area contributed by atoms with E-state index in [9.17, 15) is 19.8 Å². The molecule has 0 heterocycles. The molecule has 0 saturated heterocycles. The summed E-state index contributed by atoms with van der Waals surface area (Å²) in [6.45, 7) is 5.85. The molecule has 34 heavy (non-hydrogen) atoms. The van der Waals surface area contributed by atoms with Gasteiger partial charge in [0.1, 0.15) is 17.2 Å². The first-order chi connectivity index (χ1) is 16.2. The van der Waals surface area contributed by atoms with Crippen LogP contribution in [0.25, 0.3) is 0 Å². The number of benzene rings is 2. The van der Waals surface area contributed by atoms with E-state index < -0.39 is 0 Å². The molecule has 0 radical (unpaired) electrons. The number of phenolic OH excluding ortho intramolecular Hbond substituents is 2. The van der Waals surface area contributed by atoms with Gasteiger partial charge in [0.05, 0.1) is 12.7 Å². The summed E-state index contributed by atoms with van der Waals surface area (Å²) >= 11 is 0. The number of rotatable bonds is 12. The Balaban J connectivity index is 2.72. The minimum atomic E-state index is -0.389. The Hall–Kier alpha value is -3.22. The summed E-state index contributed by atoms with van der Waals surface area (Å²) in [6, 6.07) is 4.34. The summed E-state index contributed by atoms with van der Waals surface area (Å²) in [7, 11) is 4.69. The number of methoxy groups -OCH3 is 1. The van der Waals surface area contributed by atoms with Crippen LogP contribution in [-0.2, 0) is 6.42 Å². The highest BCUT2D eigenvalue weighted by molar-refractivity contribution is 6.10. The third-order valence-electron chi connectivity index (χ3n) is 5.85. The fourth-order valence-corrected chi connectivity index (χ4v) is 3.78. The van der Waals surface area contributed by atoms with Crippen molar-refractivity contribution in [1.29, 1.82) is 0 Å². The average molecular weight is 472 g/mol. The normalized spacial score (nSPS) is 10.8. The number of carbonyl (C=O) groups is 2. The summed E-state index contributed by atoms with van der Waals surface area (Å²) in [5.74, 6) is -0.172.